The van der Waals surface area contributed by atoms with Gasteiger partial charge in [-0.15, -0.1) is 0 Å². The lowest BCUT2D eigenvalue weighted by Crippen LogP contribution is -2.33. The van der Waals surface area contributed by atoms with E-state index in [1.54, 1.807) is 5.57 Å². The molecule has 1 N–H and O–H groups in total. The minimum Gasteiger partial charge on any atom is -0.381 e. The van der Waals surface area contributed by atoms with Crippen molar-refractivity contribution in [3.8, 4) is 0 Å². The van der Waals surface area contributed by atoms with Gasteiger partial charge in [0, 0.05) is 19.3 Å². The van der Waals surface area contributed by atoms with Crippen molar-refractivity contribution >= 4 is 0 Å². The van der Waals surface area contributed by atoms with Crippen molar-refractivity contribution in [2.24, 2.45) is 5.92 Å². The number of rotatable bonds is 5. The van der Waals surface area contributed by atoms with Gasteiger partial charge in [0.05, 0.1) is 0 Å². The van der Waals surface area contributed by atoms with E-state index in [4.69, 9.17) is 4.74 Å². The van der Waals surface area contributed by atoms with Crippen LogP contribution in [0.25, 0.3) is 0 Å². The lowest BCUT2D eigenvalue weighted by Gasteiger charge is -2.26. The number of ether oxygens (including phenoxy) is 1. The average molecular weight is 223 g/mol. The van der Waals surface area contributed by atoms with Gasteiger partial charge in [-0.1, -0.05) is 18.6 Å². The van der Waals surface area contributed by atoms with Gasteiger partial charge in [0.1, 0.15) is 0 Å². The van der Waals surface area contributed by atoms with Gasteiger partial charge in [0.2, 0.25) is 0 Å². The molecule has 0 aromatic rings. The molecule has 92 valence electrons. The standard InChI is InChI=1S/C14H25NO/c1-2-15-14(10-12-8-9-16-11-12)13-6-4-3-5-7-13/h6,12,14-15H,2-5,7-11H2,1H3. The zero-order chi connectivity index (χ0) is 11.2. The van der Waals surface area contributed by atoms with E-state index in [-0.39, 0.29) is 0 Å². The molecule has 1 aliphatic carbocycles. The largest absolute Gasteiger partial charge is 0.381 e. The summed E-state index contributed by atoms with van der Waals surface area (Å²) in [5.74, 6) is 0.784. The van der Waals surface area contributed by atoms with Crippen LogP contribution in [0.5, 0.6) is 0 Å². The van der Waals surface area contributed by atoms with E-state index in [1.807, 2.05) is 0 Å². The molecule has 2 rings (SSSR count). The Hall–Kier alpha value is -0.340. The molecule has 0 bridgehead atoms. The maximum atomic E-state index is 5.48. The summed E-state index contributed by atoms with van der Waals surface area (Å²) in [6, 6.07) is 0.622. The molecule has 2 unspecified atom stereocenters. The second-order valence-electron chi connectivity index (χ2n) is 5.10. The Morgan fingerprint density at radius 2 is 2.44 bits per heavy atom. The van der Waals surface area contributed by atoms with Crippen molar-refractivity contribution in [2.45, 2.75) is 51.5 Å². The molecule has 0 saturated carbocycles. The van der Waals surface area contributed by atoms with Gasteiger partial charge in [0.15, 0.2) is 0 Å². The molecule has 0 amide bonds. The first kappa shape index (κ1) is 12.1. The number of likely N-dealkylation sites (N-methyl/N-ethyl adjacent to an activating group) is 1. The third-order valence-electron chi connectivity index (χ3n) is 3.82. The third-order valence-corrected chi connectivity index (χ3v) is 3.82. The first-order valence-corrected chi connectivity index (χ1v) is 6.90. The fraction of sp³-hybridized carbons (Fsp3) is 0.857. The summed E-state index contributed by atoms with van der Waals surface area (Å²) < 4.78 is 5.48. The minimum absolute atomic E-state index is 0.622. The highest BCUT2D eigenvalue weighted by Gasteiger charge is 2.23. The first-order chi connectivity index (χ1) is 7.90. The van der Waals surface area contributed by atoms with Crippen LogP contribution in [0.1, 0.15) is 45.4 Å². The smallest absolute Gasteiger partial charge is 0.0495 e. The molecule has 2 heteroatoms. The Morgan fingerprint density at radius 3 is 3.06 bits per heavy atom. The van der Waals surface area contributed by atoms with E-state index >= 15 is 0 Å². The van der Waals surface area contributed by atoms with Crippen molar-refractivity contribution < 1.29 is 4.74 Å². The second kappa shape index (κ2) is 6.41. The molecule has 0 aromatic carbocycles. The maximum absolute atomic E-state index is 5.48. The number of hydrogen-bond acceptors (Lipinski definition) is 2. The highest BCUT2D eigenvalue weighted by atomic mass is 16.5. The van der Waals surface area contributed by atoms with Crippen molar-refractivity contribution in [3.63, 3.8) is 0 Å². The quantitative estimate of drug-likeness (QED) is 0.724. The Balaban J connectivity index is 1.89. The van der Waals surface area contributed by atoms with E-state index in [1.165, 1.54) is 38.5 Å². The molecule has 1 heterocycles. The summed E-state index contributed by atoms with van der Waals surface area (Å²) in [5, 5.41) is 3.66. The second-order valence-corrected chi connectivity index (χ2v) is 5.10. The van der Waals surface area contributed by atoms with Crippen LogP contribution in [0.3, 0.4) is 0 Å². The van der Waals surface area contributed by atoms with E-state index in [0.717, 1.165) is 25.7 Å². The van der Waals surface area contributed by atoms with Crippen molar-refractivity contribution in [1.29, 1.82) is 0 Å². The topological polar surface area (TPSA) is 21.3 Å². The zero-order valence-corrected chi connectivity index (χ0v) is 10.5. The molecule has 2 nitrogen and oxygen atoms in total. The summed E-state index contributed by atoms with van der Waals surface area (Å²) in [6.45, 7) is 5.24. The Labute approximate surface area is 99.4 Å². The molecule has 2 atom stereocenters. The monoisotopic (exact) mass is 223 g/mol. The molecule has 1 aliphatic heterocycles. The van der Waals surface area contributed by atoms with E-state index in [9.17, 15) is 0 Å². The number of allylic oxidation sites excluding steroid dienone is 1. The minimum atomic E-state index is 0.622. The summed E-state index contributed by atoms with van der Waals surface area (Å²) in [6.07, 6.45) is 10.4. The van der Waals surface area contributed by atoms with E-state index in [0.29, 0.717) is 6.04 Å². The van der Waals surface area contributed by atoms with E-state index < -0.39 is 0 Å². The summed E-state index contributed by atoms with van der Waals surface area (Å²) in [4.78, 5) is 0. The van der Waals surface area contributed by atoms with Crippen molar-refractivity contribution in [1.82, 2.24) is 5.32 Å². The molecular formula is C14H25NO. The van der Waals surface area contributed by atoms with Crippen LogP contribution in [-0.2, 0) is 4.74 Å². The van der Waals surface area contributed by atoms with Gasteiger partial charge in [-0.3, -0.25) is 0 Å². The number of nitrogens with one attached hydrogen (secondary N) is 1. The fourth-order valence-electron chi connectivity index (χ4n) is 2.89. The van der Waals surface area contributed by atoms with Crippen LogP contribution in [0.4, 0.5) is 0 Å². The van der Waals surface area contributed by atoms with Gasteiger partial charge in [-0.25, -0.2) is 0 Å². The van der Waals surface area contributed by atoms with Crippen LogP contribution in [0.2, 0.25) is 0 Å². The molecule has 1 fully saturated rings. The predicted octanol–water partition coefficient (Wildman–Crippen LogP) is 2.89. The lowest BCUT2D eigenvalue weighted by molar-refractivity contribution is 0.182. The van der Waals surface area contributed by atoms with Crippen LogP contribution in [0.15, 0.2) is 11.6 Å². The lowest BCUT2D eigenvalue weighted by atomic mass is 9.88. The molecule has 0 aromatic heterocycles. The van der Waals surface area contributed by atoms with Gasteiger partial charge in [-0.05, 0) is 51.0 Å². The Kier molecular flexibility index (Phi) is 4.86. The molecule has 2 aliphatic rings. The normalized spacial score (nSPS) is 27.8. The van der Waals surface area contributed by atoms with E-state index in [2.05, 4.69) is 18.3 Å². The van der Waals surface area contributed by atoms with Gasteiger partial charge < -0.3 is 10.1 Å². The van der Waals surface area contributed by atoms with Crippen LogP contribution in [0, 0.1) is 5.92 Å². The predicted molar refractivity (Wildman–Crippen MR) is 67.6 cm³/mol. The van der Waals surface area contributed by atoms with Crippen molar-refractivity contribution in [3.05, 3.63) is 11.6 Å². The Bertz CT molecular complexity index is 231. The molecule has 1 saturated heterocycles. The van der Waals surface area contributed by atoms with Crippen LogP contribution in [-0.4, -0.2) is 25.8 Å². The van der Waals surface area contributed by atoms with Gasteiger partial charge >= 0.3 is 0 Å². The molecular weight excluding hydrogens is 198 g/mol. The van der Waals surface area contributed by atoms with Crippen LogP contribution >= 0.6 is 0 Å². The summed E-state index contributed by atoms with van der Waals surface area (Å²) in [5.41, 5.74) is 1.67. The fourth-order valence-corrected chi connectivity index (χ4v) is 2.89. The van der Waals surface area contributed by atoms with Gasteiger partial charge in [-0.2, -0.15) is 0 Å². The molecule has 0 spiro atoms. The maximum Gasteiger partial charge on any atom is 0.0495 e. The third kappa shape index (κ3) is 3.33. The number of hydrogen-bond donors (Lipinski definition) is 1. The summed E-state index contributed by atoms with van der Waals surface area (Å²) in [7, 11) is 0. The highest BCUT2D eigenvalue weighted by Crippen LogP contribution is 2.26. The highest BCUT2D eigenvalue weighted by molar-refractivity contribution is 5.13. The molecule has 0 radical (unpaired) electrons. The Morgan fingerprint density at radius 1 is 1.50 bits per heavy atom. The molecule has 16 heavy (non-hydrogen) atoms. The summed E-state index contributed by atoms with van der Waals surface area (Å²) >= 11 is 0. The van der Waals surface area contributed by atoms with Crippen LogP contribution < -0.4 is 5.32 Å². The van der Waals surface area contributed by atoms with Crippen molar-refractivity contribution in [2.75, 3.05) is 19.8 Å². The zero-order valence-electron chi connectivity index (χ0n) is 10.5. The average Bonchev–Trinajstić information content (AvgIpc) is 2.83. The van der Waals surface area contributed by atoms with Gasteiger partial charge in [0.25, 0.3) is 0 Å². The first-order valence-electron chi connectivity index (χ1n) is 6.90. The SMILES string of the molecule is CCNC(CC1CCOC1)C1=CCCCC1.